The van der Waals surface area contributed by atoms with Crippen molar-refractivity contribution in [1.82, 2.24) is 20.0 Å². The number of piperazine rings is 2. The first-order valence-corrected chi connectivity index (χ1v) is 7.78. The van der Waals surface area contributed by atoms with Gasteiger partial charge in [0.1, 0.15) is 0 Å². The molecule has 1 atom stereocenters. The third kappa shape index (κ3) is 4.07. The normalized spacial score (nSPS) is 22.0. The number of hydrogen-bond donors (Lipinski definition) is 1. The molecule has 0 radical (unpaired) electrons. The molecule has 0 aromatic rings. The molecule has 0 aromatic carbocycles. The van der Waals surface area contributed by atoms with E-state index in [1.807, 2.05) is 18.7 Å². The summed E-state index contributed by atoms with van der Waals surface area (Å²) < 4.78 is 5.01. The maximum Gasteiger partial charge on any atom is 0.409 e. The van der Waals surface area contributed by atoms with Crippen LogP contribution in [0.2, 0.25) is 0 Å². The van der Waals surface area contributed by atoms with Crippen LogP contribution in [0.25, 0.3) is 0 Å². The first kappa shape index (κ1) is 16.0. The Morgan fingerprint density at radius 2 is 1.67 bits per heavy atom. The van der Waals surface area contributed by atoms with Gasteiger partial charge in [-0.2, -0.15) is 0 Å². The fourth-order valence-corrected chi connectivity index (χ4v) is 2.81. The summed E-state index contributed by atoms with van der Waals surface area (Å²) >= 11 is 0. The minimum Gasteiger partial charge on any atom is -0.450 e. The lowest BCUT2D eigenvalue weighted by Crippen LogP contribution is -2.57. The minimum absolute atomic E-state index is 0.118. The van der Waals surface area contributed by atoms with Crippen molar-refractivity contribution in [2.75, 3.05) is 59.0 Å². The lowest BCUT2D eigenvalue weighted by atomic mass is 10.2. The molecule has 7 heteroatoms. The fraction of sp³-hybridized carbons (Fsp3) is 0.857. The smallest absolute Gasteiger partial charge is 0.409 e. The lowest BCUT2D eigenvalue weighted by Gasteiger charge is -2.39. The molecule has 0 aliphatic carbocycles. The van der Waals surface area contributed by atoms with Gasteiger partial charge in [-0.25, -0.2) is 4.79 Å². The molecule has 0 aromatic heterocycles. The van der Waals surface area contributed by atoms with E-state index in [1.165, 1.54) is 0 Å². The fourth-order valence-electron chi connectivity index (χ4n) is 2.81. The van der Waals surface area contributed by atoms with Crippen molar-refractivity contribution in [2.45, 2.75) is 19.9 Å². The van der Waals surface area contributed by atoms with Gasteiger partial charge in [-0.3, -0.25) is 9.69 Å². The quantitative estimate of drug-likeness (QED) is 0.767. The SMILES string of the molecule is CCOC(=O)N1CCN(C(C)C(=O)N2CCNCC2)CC1. The maximum absolute atomic E-state index is 12.5. The van der Waals surface area contributed by atoms with E-state index in [0.29, 0.717) is 19.7 Å². The van der Waals surface area contributed by atoms with Crippen molar-refractivity contribution >= 4 is 12.0 Å². The second kappa shape index (κ2) is 7.61. The third-order valence-corrected chi connectivity index (χ3v) is 4.17. The first-order chi connectivity index (χ1) is 10.1. The van der Waals surface area contributed by atoms with E-state index in [0.717, 1.165) is 39.3 Å². The molecule has 0 bridgehead atoms. The van der Waals surface area contributed by atoms with Crippen LogP contribution in [0.4, 0.5) is 4.79 Å². The van der Waals surface area contributed by atoms with Crippen LogP contribution in [0.15, 0.2) is 0 Å². The minimum atomic E-state index is -0.252. The van der Waals surface area contributed by atoms with Crippen molar-refractivity contribution in [3.63, 3.8) is 0 Å². The molecule has 2 heterocycles. The Hall–Kier alpha value is -1.34. The second-order valence-corrected chi connectivity index (χ2v) is 5.47. The Labute approximate surface area is 126 Å². The molecule has 2 aliphatic rings. The van der Waals surface area contributed by atoms with Gasteiger partial charge in [0.15, 0.2) is 0 Å². The zero-order valence-corrected chi connectivity index (χ0v) is 13.0. The highest BCUT2D eigenvalue weighted by Crippen LogP contribution is 2.10. The van der Waals surface area contributed by atoms with Gasteiger partial charge < -0.3 is 19.9 Å². The summed E-state index contributed by atoms with van der Waals surface area (Å²) in [5, 5.41) is 3.25. The third-order valence-electron chi connectivity index (χ3n) is 4.17. The topological polar surface area (TPSA) is 65.1 Å². The number of hydrogen-bond acceptors (Lipinski definition) is 5. The van der Waals surface area contributed by atoms with E-state index in [9.17, 15) is 9.59 Å². The van der Waals surface area contributed by atoms with Gasteiger partial charge in [-0.1, -0.05) is 0 Å². The van der Waals surface area contributed by atoms with Crippen molar-refractivity contribution in [1.29, 1.82) is 0 Å². The van der Waals surface area contributed by atoms with Crippen LogP contribution in [0.5, 0.6) is 0 Å². The standard InChI is InChI=1S/C14H26N4O3/c1-3-21-14(20)18-10-8-16(9-11-18)12(2)13(19)17-6-4-15-5-7-17/h12,15H,3-11H2,1-2H3. The molecule has 2 fully saturated rings. The Bertz CT molecular complexity index is 363. The number of nitrogens with zero attached hydrogens (tertiary/aromatic N) is 3. The van der Waals surface area contributed by atoms with Gasteiger partial charge in [0, 0.05) is 52.4 Å². The van der Waals surface area contributed by atoms with Gasteiger partial charge in [0.2, 0.25) is 5.91 Å². The zero-order chi connectivity index (χ0) is 15.2. The van der Waals surface area contributed by atoms with Crippen molar-refractivity contribution < 1.29 is 14.3 Å². The molecule has 2 rings (SSSR count). The lowest BCUT2D eigenvalue weighted by molar-refractivity contribution is -0.137. The molecular formula is C14H26N4O3. The first-order valence-electron chi connectivity index (χ1n) is 7.78. The molecule has 2 amide bonds. The molecule has 7 nitrogen and oxygen atoms in total. The van der Waals surface area contributed by atoms with Crippen LogP contribution in [-0.2, 0) is 9.53 Å². The molecule has 0 saturated carbocycles. The second-order valence-electron chi connectivity index (χ2n) is 5.47. The van der Waals surface area contributed by atoms with Crippen LogP contribution >= 0.6 is 0 Å². The number of amides is 2. The predicted octanol–water partition coefficient (Wildman–Crippen LogP) is -0.419. The predicted molar refractivity (Wildman–Crippen MR) is 79.1 cm³/mol. The summed E-state index contributed by atoms with van der Waals surface area (Å²) in [6, 6.07) is -0.118. The number of rotatable bonds is 3. The van der Waals surface area contributed by atoms with Crippen molar-refractivity contribution in [2.24, 2.45) is 0 Å². The van der Waals surface area contributed by atoms with Crippen LogP contribution in [0.3, 0.4) is 0 Å². The van der Waals surface area contributed by atoms with Crippen LogP contribution in [0, 0.1) is 0 Å². The summed E-state index contributed by atoms with van der Waals surface area (Å²) in [5.74, 6) is 0.195. The largest absolute Gasteiger partial charge is 0.450 e. The van der Waals surface area contributed by atoms with E-state index in [-0.39, 0.29) is 18.0 Å². The molecule has 1 N–H and O–H groups in total. The highest BCUT2D eigenvalue weighted by Gasteiger charge is 2.30. The average molecular weight is 298 g/mol. The molecule has 2 aliphatic heterocycles. The van der Waals surface area contributed by atoms with E-state index in [2.05, 4.69) is 10.2 Å². The summed E-state index contributed by atoms with van der Waals surface area (Å²) in [6.07, 6.45) is -0.252. The Morgan fingerprint density at radius 1 is 1.05 bits per heavy atom. The van der Waals surface area contributed by atoms with Gasteiger partial charge in [-0.05, 0) is 13.8 Å². The molecule has 2 saturated heterocycles. The monoisotopic (exact) mass is 298 g/mol. The zero-order valence-electron chi connectivity index (χ0n) is 13.0. The molecule has 0 spiro atoms. The van der Waals surface area contributed by atoms with E-state index in [1.54, 1.807) is 4.90 Å². The Morgan fingerprint density at radius 3 is 2.24 bits per heavy atom. The molecule has 120 valence electrons. The van der Waals surface area contributed by atoms with E-state index < -0.39 is 0 Å². The maximum atomic E-state index is 12.5. The van der Waals surface area contributed by atoms with E-state index >= 15 is 0 Å². The number of carbonyl (C=O) groups excluding carboxylic acids is 2. The van der Waals surface area contributed by atoms with Crippen LogP contribution in [0.1, 0.15) is 13.8 Å². The van der Waals surface area contributed by atoms with Crippen molar-refractivity contribution in [3.05, 3.63) is 0 Å². The van der Waals surface area contributed by atoms with Crippen LogP contribution < -0.4 is 5.32 Å². The number of nitrogens with one attached hydrogen (secondary N) is 1. The Balaban J connectivity index is 1.80. The summed E-state index contributed by atoms with van der Waals surface area (Å²) in [4.78, 5) is 29.9. The highest BCUT2D eigenvalue weighted by atomic mass is 16.6. The number of carbonyl (C=O) groups is 2. The molecule has 1 unspecified atom stereocenters. The molecular weight excluding hydrogens is 272 g/mol. The summed E-state index contributed by atoms with van der Waals surface area (Å²) in [5.41, 5.74) is 0. The van der Waals surface area contributed by atoms with Crippen LogP contribution in [-0.4, -0.2) is 91.7 Å². The number of ether oxygens (including phenoxy) is 1. The average Bonchev–Trinajstić information content (AvgIpc) is 2.54. The molecule has 21 heavy (non-hydrogen) atoms. The van der Waals surface area contributed by atoms with Gasteiger partial charge >= 0.3 is 6.09 Å². The van der Waals surface area contributed by atoms with Gasteiger partial charge in [-0.15, -0.1) is 0 Å². The van der Waals surface area contributed by atoms with Crippen molar-refractivity contribution in [3.8, 4) is 0 Å². The Kier molecular flexibility index (Phi) is 5.81. The summed E-state index contributed by atoms with van der Waals surface area (Å²) in [6.45, 7) is 10.2. The van der Waals surface area contributed by atoms with Gasteiger partial charge in [0.25, 0.3) is 0 Å². The summed E-state index contributed by atoms with van der Waals surface area (Å²) in [7, 11) is 0. The van der Waals surface area contributed by atoms with Gasteiger partial charge in [0.05, 0.1) is 12.6 Å². The highest BCUT2D eigenvalue weighted by molar-refractivity contribution is 5.81. The van der Waals surface area contributed by atoms with E-state index in [4.69, 9.17) is 4.74 Å².